The summed E-state index contributed by atoms with van der Waals surface area (Å²) in [4.78, 5) is 30.6. The van der Waals surface area contributed by atoms with Gasteiger partial charge in [-0.2, -0.15) is 0 Å². The van der Waals surface area contributed by atoms with Crippen LogP contribution in [0.3, 0.4) is 0 Å². The number of carbonyl (C=O) groups excluding carboxylic acids is 2. The van der Waals surface area contributed by atoms with Crippen LogP contribution in [0.5, 0.6) is 0 Å². The largest absolute Gasteiger partial charge is 0.464 e. The van der Waals surface area contributed by atoms with Gasteiger partial charge >= 0.3 is 0 Å². The molecule has 0 fully saturated rings. The summed E-state index contributed by atoms with van der Waals surface area (Å²) in [5.74, 6) is 1.45. The highest BCUT2D eigenvalue weighted by molar-refractivity contribution is 7.12. The lowest BCUT2D eigenvalue weighted by atomic mass is 10.1. The number of rotatable bonds is 12. The van der Waals surface area contributed by atoms with E-state index >= 15 is 0 Å². The zero-order chi connectivity index (χ0) is 22.8. The third-order valence-electron chi connectivity index (χ3n) is 5.39. The predicted molar refractivity (Wildman–Crippen MR) is 129 cm³/mol. The molecule has 0 saturated carbocycles. The molecule has 0 aliphatic carbocycles. The van der Waals surface area contributed by atoms with E-state index in [2.05, 4.69) is 19.1 Å². The molecule has 0 atom stereocenters. The van der Waals surface area contributed by atoms with Gasteiger partial charge in [0, 0.05) is 13.1 Å². The fraction of sp³-hybridized carbons (Fsp3) is 0.385. The molecule has 32 heavy (non-hydrogen) atoms. The zero-order valence-corrected chi connectivity index (χ0v) is 19.8. The zero-order valence-electron chi connectivity index (χ0n) is 19.0. The van der Waals surface area contributed by atoms with Crippen LogP contribution in [0.1, 0.15) is 52.9 Å². The van der Waals surface area contributed by atoms with Gasteiger partial charge in [-0.1, -0.05) is 56.2 Å². The number of hydrogen-bond acceptors (Lipinski definition) is 4. The van der Waals surface area contributed by atoms with Crippen molar-refractivity contribution in [3.8, 4) is 0 Å². The molecular weight excluding hydrogens is 420 g/mol. The normalized spacial score (nSPS) is 10.8. The number of thiophene rings is 1. The Morgan fingerprint density at radius 1 is 0.938 bits per heavy atom. The number of carbonyl (C=O) groups is 2. The summed E-state index contributed by atoms with van der Waals surface area (Å²) in [5, 5.41) is 1.89. The van der Waals surface area contributed by atoms with E-state index in [1.165, 1.54) is 16.9 Å². The molecule has 0 aliphatic heterocycles. The summed E-state index contributed by atoms with van der Waals surface area (Å²) in [5.41, 5.74) is 1.18. The van der Waals surface area contributed by atoms with Gasteiger partial charge in [0.25, 0.3) is 5.91 Å². The minimum absolute atomic E-state index is 0.0589. The Hall–Kier alpha value is -2.86. The van der Waals surface area contributed by atoms with Crippen molar-refractivity contribution in [2.45, 2.75) is 46.1 Å². The minimum atomic E-state index is -0.0682. The van der Waals surface area contributed by atoms with Crippen molar-refractivity contribution in [2.75, 3.05) is 19.6 Å². The SMILES string of the molecule is CCCCCN(CC(=O)N(CCc1ccccc1)Cc1ccc(C)o1)C(=O)c1cccs1. The summed E-state index contributed by atoms with van der Waals surface area (Å²) in [7, 11) is 0. The lowest BCUT2D eigenvalue weighted by Gasteiger charge is -2.27. The van der Waals surface area contributed by atoms with Crippen LogP contribution in [-0.4, -0.2) is 41.2 Å². The topological polar surface area (TPSA) is 53.8 Å². The molecule has 2 heterocycles. The highest BCUT2D eigenvalue weighted by Gasteiger charge is 2.23. The smallest absolute Gasteiger partial charge is 0.264 e. The Labute approximate surface area is 194 Å². The monoisotopic (exact) mass is 452 g/mol. The maximum Gasteiger partial charge on any atom is 0.264 e. The van der Waals surface area contributed by atoms with Gasteiger partial charge < -0.3 is 14.2 Å². The first kappa shape index (κ1) is 23.8. The van der Waals surface area contributed by atoms with Crippen molar-refractivity contribution in [1.82, 2.24) is 9.80 Å². The molecule has 0 N–H and O–H groups in total. The highest BCUT2D eigenvalue weighted by Crippen LogP contribution is 2.15. The quantitative estimate of drug-likeness (QED) is 0.338. The van der Waals surface area contributed by atoms with E-state index in [0.29, 0.717) is 24.5 Å². The van der Waals surface area contributed by atoms with E-state index in [9.17, 15) is 9.59 Å². The second-order valence-electron chi connectivity index (χ2n) is 7.97. The highest BCUT2D eigenvalue weighted by atomic mass is 32.1. The molecule has 2 amide bonds. The molecule has 0 bridgehead atoms. The van der Waals surface area contributed by atoms with Crippen molar-refractivity contribution < 1.29 is 14.0 Å². The van der Waals surface area contributed by atoms with Crippen LogP contribution in [0.15, 0.2) is 64.4 Å². The van der Waals surface area contributed by atoms with Crippen LogP contribution in [0, 0.1) is 6.92 Å². The van der Waals surface area contributed by atoms with Crippen LogP contribution >= 0.6 is 11.3 Å². The van der Waals surface area contributed by atoms with Crippen molar-refractivity contribution in [1.29, 1.82) is 0 Å². The van der Waals surface area contributed by atoms with Gasteiger partial charge in [0.05, 0.1) is 11.4 Å². The van der Waals surface area contributed by atoms with Crippen LogP contribution in [-0.2, 0) is 17.8 Å². The second kappa shape index (κ2) is 12.2. The van der Waals surface area contributed by atoms with Crippen LogP contribution < -0.4 is 0 Å². The molecular formula is C26H32N2O3S. The molecule has 5 nitrogen and oxygen atoms in total. The first-order valence-corrected chi connectivity index (χ1v) is 12.1. The van der Waals surface area contributed by atoms with Gasteiger partial charge in [0.1, 0.15) is 18.1 Å². The molecule has 0 radical (unpaired) electrons. The van der Waals surface area contributed by atoms with Crippen LogP contribution in [0.4, 0.5) is 0 Å². The Balaban J connectivity index is 1.72. The first-order chi connectivity index (χ1) is 15.6. The first-order valence-electron chi connectivity index (χ1n) is 11.3. The Kier molecular flexibility index (Phi) is 9.11. The van der Waals surface area contributed by atoms with E-state index in [1.807, 2.05) is 54.8 Å². The number of nitrogens with zero attached hydrogens (tertiary/aromatic N) is 2. The summed E-state index contributed by atoms with van der Waals surface area (Å²) in [6.45, 7) is 5.66. The number of unbranched alkanes of at least 4 members (excludes halogenated alkanes) is 2. The lowest BCUT2D eigenvalue weighted by molar-refractivity contribution is -0.132. The van der Waals surface area contributed by atoms with E-state index in [0.717, 1.165) is 37.2 Å². The second-order valence-corrected chi connectivity index (χ2v) is 8.92. The van der Waals surface area contributed by atoms with Crippen molar-refractivity contribution in [3.63, 3.8) is 0 Å². The number of hydrogen-bond donors (Lipinski definition) is 0. The average molecular weight is 453 g/mol. The molecule has 170 valence electrons. The molecule has 1 aromatic carbocycles. The van der Waals surface area contributed by atoms with E-state index < -0.39 is 0 Å². The van der Waals surface area contributed by atoms with Crippen molar-refractivity contribution >= 4 is 23.2 Å². The van der Waals surface area contributed by atoms with Gasteiger partial charge in [-0.05, 0) is 48.9 Å². The number of amides is 2. The molecule has 3 aromatic rings. The van der Waals surface area contributed by atoms with Gasteiger partial charge in [-0.3, -0.25) is 9.59 Å². The summed E-state index contributed by atoms with van der Waals surface area (Å²) in [6.07, 6.45) is 3.74. The van der Waals surface area contributed by atoms with Gasteiger partial charge in [0.2, 0.25) is 5.91 Å². The van der Waals surface area contributed by atoms with E-state index in [4.69, 9.17) is 4.42 Å². The van der Waals surface area contributed by atoms with Gasteiger partial charge in [0.15, 0.2) is 0 Å². The average Bonchev–Trinajstić information content (AvgIpc) is 3.48. The lowest BCUT2D eigenvalue weighted by Crippen LogP contribution is -2.43. The Bertz CT molecular complexity index is 966. The van der Waals surface area contributed by atoms with Crippen LogP contribution in [0.2, 0.25) is 0 Å². The van der Waals surface area contributed by atoms with E-state index in [1.54, 1.807) is 9.80 Å². The summed E-state index contributed by atoms with van der Waals surface area (Å²) >= 11 is 1.42. The summed E-state index contributed by atoms with van der Waals surface area (Å²) in [6, 6.07) is 17.6. The van der Waals surface area contributed by atoms with Gasteiger partial charge in [-0.25, -0.2) is 0 Å². The fourth-order valence-electron chi connectivity index (χ4n) is 3.58. The molecule has 0 saturated heterocycles. The van der Waals surface area contributed by atoms with Crippen LogP contribution in [0.25, 0.3) is 0 Å². The molecule has 0 unspecified atom stereocenters. The van der Waals surface area contributed by atoms with Crippen molar-refractivity contribution in [2.24, 2.45) is 0 Å². The Morgan fingerprint density at radius 3 is 2.41 bits per heavy atom. The maximum atomic E-state index is 13.4. The summed E-state index contributed by atoms with van der Waals surface area (Å²) < 4.78 is 5.73. The number of aryl methyl sites for hydroxylation is 1. The Morgan fingerprint density at radius 2 is 1.75 bits per heavy atom. The third-order valence-corrected chi connectivity index (χ3v) is 6.24. The molecule has 3 rings (SSSR count). The minimum Gasteiger partial charge on any atom is -0.464 e. The fourth-order valence-corrected chi connectivity index (χ4v) is 4.27. The number of benzene rings is 1. The number of furan rings is 1. The maximum absolute atomic E-state index is 13.4. The van der Waals surface area contributed by atoms with Gasteiger partial charge in [-0.15, -0.1) is 11.3 Å². The van der Waals surface area contributed by atoms with E-state index in [-0.39, 0.29) is 18.4 Å². The molecule has 2 aromatic heterocycles. The molecule has 6 heteroatoms. The van der Waals surface area contributed by atoms with Crippen molar-refractivity contribution in [3.05, 3.63) is 81.9 Å². The molecule has 0 aliphatic rings. The molecule has 0 spiro atoms. The third kappa shape index (κ3) is 7.09. The predicted octanol–water partition coefficient (Wildman–Crippen LogP) is 5.55. The standard InChI is InChI=1S/C26H32N2O3S/c1-3-4-8-16-28(26(30)24-12-9-18-32-24)20-25(29)27(19-23-14-13-21(2)31-23)17-15-22-10-6-5-7-11-22/h5-7,9-14,18H,3-4,8,15-17,19-20H2,1-2H3.